The molecule has 112 valence electrons. The molecular formula is C16H20N2O2S. The number of benzene rings is 1. The Labute approximate surface area is 129 Å². The number of hydrogen-bond donors (Lipinski definition) is 2. The normalized spacial score (nSPS) is 12.0. The number of hydrogen-bond acceptors (Lipinski definition) is 4. The second-order valence-electron chi connectivity index (χ2n) is 4.58. The van der Waals surface area contributed by atoms with Crippen LogP contribution in [0.25, 0.3) is 0 Å². The lowest BCUT2D eigenvalue weighted by atomic mass is 10.1. The summed E-state index contributed by atoms with van der Waals surface area (Å²) in [5.74, 6) is -0.0236. The maximum absolute atomic E-state index is 11.8. The van der Waals surface area contributed by atoms with Crippen LogP contribution in [0.15, 0.2) is 47.8 Å². The summed E-state index contributed by atoms with van der Waals surface area (Å²) in [5.41, 5.74) is 1.16. The molecule has 4 nitrogen and oxygen atoms in total. The zero-order valence-corrected chi connectivity index (χ0v) is 12.9. The fourth-order valence-electron chi connectivity index (χ4n) is 2.03. The average molecular weight is 304 g/mol. The number of amides is 1. The third-order valence-electron chi connectivity index (χ3n) is 3.06. The van der Waals surface area contributed by atoms with Crippen molar-refractivity contribution in [3.8, 4) is 0 Å². The van der Waals surface area contributed by atoms with Crippen LogP contribution in [-0.2, 0) is 9.53 Å². The van der Waals surface area contributed by atoms with Crippen molar-refractivity contribution in [1.82, 2.24) is 10.6 Å². The van der Waals surface area contributed by atoms with Gasteiger partial charge in [-0.2, -0.15) is 0 Å². The highest BCUT2D eigenvalue weighted by molar-refractivity contribution is 7.10. The number of thiophene rings is 1. The quantitative estimate of drug-likeness (QED) is 0.735. The van der Waals surface area contributed by atoms with Crippen LogP contribution in [0.2, 0.25) is 0 Å². The van der Waals surface area contributed by atoms with Crippen molar-refractivity contribution in [1.29, 1.82) is 0 Å². The summed E-state index contributed by atoms with van der Waals surface area (Å²) < 4.78 is 4.91. The van der Waals surface area contributed by atoms with E-state index >= 15 is 0 Å². The van der Waals surface area contributed by atoms with Crippen molar-refractivity contribution in [3.63, 3.8) is 0 Å². The van der Waals surface area contributed by atoms with Gasteiger partial charge in [0, 0.05) is 18.5 Å². The largest absolute Gasteiger partial charge is 0.383 e. The third-order valence-corrected chi connectivity index (χ3v) is 3.99. The molecule has 0 saturated heterocycles. The minimum absolute atomic E-state index is 0.0236. The first-order valence-electron chi connectivity index (χ1n) is 6.88. The number of rotatable bonds is 8. The van der Waals surface area contributed by atoms with E-state index in [-0.39, 0.29) is 18.5 Å². The van der Waals surface area contributed by atoms with Crippen LogP contribution in [0.4, 0.5) is 0 Å². The lowest BCUT2D eigenvalue weighted by molar-refractivity contribution is -0.120. The van der Waals surface area contributed by atoms with Crippen LogP contribution < -0.4 is 10.6 Å². The molecule has 1 atom stereocenters. The van der Waals surface area contributed by atoms with Gasteiger partial charge in [0.15, 0.2) is 0 Å². The first-order valence-corrected chi connectivity index (χ1v) is 7.76. The Balaban J connectivity index is 1.96. The molecule has 5 heteroatoms. The predicted octanol–water partition coefficient (Wildman–Crippen LogP) is 2.19. The monoisotopic (exact) mass is 304 g/mol. The van der Waals surface area contributed by atoms with Gasteiger partial charge in [-0.05, 0) is 17.0 Å². The van der Waals surface area contributed by atoms with Crippen LogP contribution >= 0.6 is 11.3 Å². The number of methoxy groups -OCH3 is 1. The zero-order valence-electron chi connectivity index (χ0n) is 12.0. The highest BCUT2D eigenvalue weighted by Gasteiger charge is 2.15. The predicted molar refractivity (Wildman–Crippen MR) is 85.5 cm³/mol. The Kier molecular flexibility index (Phi) is 6.40. The Morgan fingerprint density at radius 2 is 2.05 bits per heavy atom. The lowest BCUT2D eigenvalue weighted by Gasteiger charge is -2.18. The van der Waals surface area contributed by atoms with Crippen molar-refractivity contribution in [2.75, 3.05) is 26.8 Å². The molecule has 0 aliphatic carbocycles. The zero-order chi connectivity index (χ0) is 14.9. The van der Waals surface area contributed by atoms with E-state index < -0.39 is 0 Å². The molecule has 0 aliphatic heterocycles. The summed E-state index contributed by atoms with van der Waals surface area (Å²) in [4.78, 5) is 13.0. The maximum Gasteiger partial charge on any atom is 0.234 e. The third kappa shape index (κ3) is 4.97. The molecule has 1 amide bonds. The van der Waals surface area contributed by atoms with E-state index in [9.17, 15) is 4.79 Å². The summed E-state index contributed by atoms with van der Waals surface area (Å²) in [6.45, 7) is 1.34. The van der Waals surface area contributed by atoms with Crippen LogP contribution in [0, 0.1) is 0 Å². The number of ether oxygens (including phenoxy) is 1. The highest BCUT2D eigenvalue weighted by Crippen LogP contribution is 2.25. The van der Waals surface area contributed by atoms with E-state index in [1.165, 1.54) is 4.88 Å². The Morgan fingerprint density at radius 1 is 1.24 bits per heavy atom. The topological polar surface area (TPSA) is 50.4 Å². The molecule has 0 spiro atoms. The number of carbonyl (C=O) groups is 1. The fourth-order valence-corrected chi connectivity index (χ4v) is 2.86. The minimum Gasteiger partial charge on any atom is -0.383 e. The van der Waals surface area contributed by atoms with Crippen molar-refractivity contribution < 1.29 is 9.53 Å². The summed E-state index contributed by atoms with van der Waals surface area (Å²) >= 11 is 1.68. The molecule has 2 aromatic rings. The molecule has 1 aromatic carbocycles. The molecule has 2 N–H and O–H groups in total. The van der Waals surface area contributed by atoms with Gasteiger partial charge in [0.1, 0.15) is 0 Å². The fraction of sp³-hybridized carbons (Fsp3) is 0.312. The van der Waals surface area contributed by atoms with Gasteiger partial charge in [-0.25, -0.2) is 0 Å². The van der Waals surface area contributed by atoms with Gasteiger partial charge in [0.25, 0.3) is 0 Å². The number of nitrogens with one attached hydrogen (secondary N) is 2. The molecule has 1 heterocycles. The smallest absolute Gasteiger partial charge is 0.234 e. The first-order chi connectivity index (χ1) is 10.3. The van der Waals surface area contributed by atoms with E-state index in [4.69, 9.17) is 4.74 Å². The van der Waals surface area contributed by atoms with Crippen molar-refractivity contribution in [3.05, 3.63) is 58.3 Å². The Morgan fingerprint density at radius 3 is 2.71 bits per heavy atom. The summed E-state index contributed by atoms with van der Waals surface area (Å²) in [6, 6.07) is 14.3. The van der Waals surface area contributed by atoms with Gasteiger partial charge in [0.2, 0.25) is 5.91 Å². The summed E-state index contributed by atoms with van der Waals surface area (Å²) in [7, 11) is 1.62. The van der Waals surface area contributed by atoms with Crippen LogP contribution in [0.5, 0.6) is 0 Å². The Bertz CT molecular complexity index is 528. The van der Waals surface area contributed by atoms with E-state index in [0.29, 0.717) is 13.2 Å². The van der Waals surface area contributed by atoms with Crippen LogP contribution in [0.3, 0.4) is 0 Å². The van der Waals surface area contributed by atoms with E-state index in [2.05, 4.69) is 28.8 Å². The number of carbonyl (C=O) groups excluding carboxylic acids is 1. The standard InChI is InChI=1S/C16H20N2O2S/c1-20-10-9-17-15(19)12-18-16(14-8-5-11-21-14)13-6-3-2-4-7-13/h2-8,11,16,18H,9-10,12H2,1H3,(H,17,19)/t16-/m1/s1. The average Bonchev–Trinajstić information content (AvgIpc) is 3.03. The lowest BCUT2D eigenvalue weighted by Crippen LogP contribution is -2.37. The van der Waals surface area contributed by atoms with Crippen molar-refractivity contribution in [2.45, 2.75) is 6.04 Å². The maximum atomic E-state index is 11.8. The molecular weight excluding hydrogens is 284 g/mol. The van der Waals surface area contributed by atoms with Crippen LogP contribution in [0.1, 0.15) is 16.5 Å². The molecule has 2 rings (SSSR count). The van der Waals surface area contributed by atoms with Gasteiger partial charge in [-0.1, -0.05) is 36.4 Å². The molecule has 21 heavy (non-hydrogen) atoms. The summed E-state index contributed by atoms with van der Waals surface area (Å²) in [5, 5.41) is 8.18. The van der Waals surface area contributed by atoms with Crippen molar-refractivity contribution in [2.24, 2.45) is 0 Å². The van der Waals surface area contributed by atoms with Crippen molar-refractivity contribution >= 4 is 17.2 Å². The van der Waals surface area contributed by atoms with Gasteiger partial charge in [-0.3, -0.25) is 10.1 Å². The van der Waals surface area contributed by atoms with Gasteiger partial charge < -0.3 is 10.1 Å². The second-order valence-corrected chi connectivity index (χ2v) is 5.56. The molecule has 0 bridgehead atoms. The second kappa shape index (κ2) is 8.56. The van der Waals surface area contributed by atoms with E-state index in [1.807, 2.05) is 29.6 Å². The molecule has 0 unspecified atom stereocenters. The molecule has 0 saturated carbocycles. The summed E-state index contributed by atoms with van der Waals surface area (Å²) in [6.07, 6.45) is 0. The first kappa shape index (κ1) is 15.7. The molecule has 1 aromatic heterocycles. The molecule has 0 fully saturated rings. The highest BCUT2D eigenvalue weighted by atomic mass is 32.1. The van der Waals surface area contributed by atoms with E-state index in [1.54, 1.807) is 18.4 Å². The van der Waals surface area contributed by atoms with Crippen LogP contribution in [-0.4, -0.2) is 32.7 Å². The van der Waals surface area contributed by atoms with Gasteiger partial charge >= 0.3 is 0 Å². The molecule has 0 aliphatic rings. The Hall–Kier alpha value is -1.69. The van der Waals surface area contributed by atoms with Gasteiger partial charge in [-0.15, -0.1) is 11.3 Å². The molecule has 0 radical (unpaired) electrons. The van der Waals surface area contributed by atoms with Gasteiger partial charge in [0.05, 0.1) is 19.2 Å². The SMILES string of the molecule is COCCNC(=O)CN[C@H](c1ccccc1)c1cccs1. The van der Waals surface area contributed by atoms with E-state index in [0.717, 1.165) is 5.56 Å². The minimum atomic E-state index is -0.0236.